The topological polar surface area (TPSA) is 112 Å². The van der Waals surface area contributed by atoms with Crippen molar-refractivity contribution >= 4 is 5.91 Å². The fourth-order valence-corrected chi connectivity index (χ4v) is 2.11. The first-order chi connectivity index (χ1) is 11.7. The zero-order valence-electron chi connectivity index (χ0n) is 13.2. The van der Waals surface area contributed by atoms with Crippen LogP contribution in [0, 0.1) is 5.92 Å². The minimum absolute atomic E-state index is 0.0602. The Morgan fingerprint density at radius 3 is 3.08 bits per heavy atom. The summed E-state index contributed by atoms with van der Waals surface area (Å²) in [4.78, 5) is 24.3. The highest BCUT2D eigenvalue weighted by molar-refractivity contribution is 5.78. The monoisotopic (exact) mass is 327 g/mol. The summed E-state index contributed by atoms with van der Waals surface area (Å²) in [5, 5.41) is 10.7. The van der Waals surface area contributed by atoms with E-state index in [1.807, 2.05) is 25.1 Å². The second-order valence-corrected chi connectivity index (χ2v) is 5.29. The van der Waals surface area contributed by atoms with E-state index in [1.165, 1.54) is 6.33 Å². The molecule has 1 unspecified atom stereocenters. The predicted molar refractivity (Wildman–Crippen MR) is 83.4 cm³/mol. The van der Waals surface area contributed by atoms with Crippen LogP contribution in [0.2, 0.25) is 0 Å². The summed E-state index contributed by atoms with van der Waals surface area (Å²) in [6, 6.07) is 5.48. The number of rotatable bonds is 7. The van der Waals surface area contributed by atoms with Crippen LogP contribution < -0.4 is 5.32 Å². The fourth-order valence-electron chi connectivity index (χ4n) is 2.11. The summed E-state index contributed by atoms with van der Waals surface area (Å²) < 4.78 is 6.80. The van der Waals surface area contributed by atoms with E-state index in [9.17, 15) is 4.79 Å². The van der Waals surface area contributed by atoms with Gasteiger partial charge in [0.05, 0.1) is 12.5 Å². The van der Waals surface area contributed by atoms with Crippen LogP contribution in [0.25, 0.3) is 11.5 Å². The van der Waals surface area contributed by atoms with Crippen LogP contribution >= 0.6 is 0 Å². The SMILES string of the molecule is CC(Cn1cncn1)C(=O)NCCc1nc(-c2ccccn2)no1. The van der Waals surface area contributed by atoms with E-state index in [-0.39, 0.29) is 11.8 Å². The van der Waals surface area contributed by atoms with Crippen LogP contribution in [-0.2, 0) is 17.8 Å². The molecule has 0 bridgehead atoms. The lowest BCUT2D eigenvalue weighted by Gasteiger charge is -2.11. The van der Waals surface area contributed by atoms with Gasteiger partial charge >= 0.3 is 0 Å². The summed E-state index contributed by atoms with van der Waals surface area (Å²) >= 11 is 0. The van der Waals surface area contributed by atoms with Gasteiger partial charge in [-0.2, -0.15) is 10.1 Å². The molecule has 3 heterocycles. The Labute approximate surface area is 138 Å². The standard InChI is InChI=1S/C15H17N7O2/c1-11(8-22-10-16-9-19-22)15(23)18-7-5-13-20-14(21-24-13)12-4-2-3-6-17-12/h2-4,6,9-11H,5,7-8H2,1H3,(H,18,23). The largest absolute Gasteiger partial charge is 0.355 e. The van der Waals surface area contributed by atoms with Crippen LogP contribution in [0.4, 0.5) is 0 Å². The molecule has 0 fully saturated rings. The van der Waals surface area contributed by atoms with Gasteiger partial charge in [0.1, 0.15) is 18.3 Å². The maximum Gasteiger partial charge on any atom is 0.228 e. The summed E-state index contributed by atoms with van der Waals surface area (Å²) in [5.41, 5.74) is 0.651. The molecule has 1 atom stereocenters. The molecule has 0 radical (unpaired) electrons. The van der Waals surface area contributed by atoms with E-state index < -0.39 is 0 Å². The summed E-state index contributed by atoms with van der Waals surface area (Å²) in [6.07, 6.45) is 5.16. The van der Waals surface area contributed by atoms with Gasteiger partial charge < -0.3 is 9.84 Å². The molecule has 9 nitrogen and oxygen atoms in total. The number of carbonyl (C=O) groups excluding carboxylic acids is 1. The van der Waals surface area contributed by atoms with Crippen LogP contribution in [0.15, 0.2) is 41.6 Å². The van der Waals surface area contributed by atoms with Gasteiger partial charge in [0.15, 0.2) is 0 Å². The number of nitrogens with one attached hydrogen (secondary N) is 1. The molecule has 3 rings (SSSR count). The molecule has 0 saturated carbocycles. The van der Waals surface area contributed by atoms with E-state index >= 15 is 0 Å². The maximum atomic E-state index is 12.0. The quantitative estimate of drug-likeness (QED) is 0.680. The van der Waals surface area contributed by atoms with E-state index in [0.29, 0.717) is 36.9 Å². The zero-order valence-corrected chi connectivity index (χ0v) is 13.2. The van der Waals surface area contributed by atoms with Crippen molar-refractivity contribution in [3.05, 3.63) is 42.9 Å². The third-order valence-corrected chi connectivity index (χ3v) is 3.38. The molecule has 3 aromatic heterocycles. The lowest BCUT2D eigenvalue weighted by molar-refractivity contribution is -0.124. The third-order valence-electron chi connectivity index (χ3n) is 3.38. The van der Waals surface area contributed by atoms with Gasteiger partial charge in [-0.05, 0) is 12.1 Å². The van der Waals surface area contributed by atoms with Crippen LogP contribution in [-0.4, -0.2) is 42.3 Å². The molecular weight excluding hydrogens is 310 g/mol. The molecular formula is C15H17N7O2. The number of hydrogen-bond acceptors (Lipinski definition) is 7. The Balaban J connectivity index is 1.46. The second kappa shape index (κ2) is 7.44. The van der Waals surface area contributed by atoms with Crippen molar-refractivity contribution in [1.29, 1.82) is 0 Å². The first kappa shape index (κ1) is 15.8. The number of pyridine rings is 1. The molecule has 0 spiro atoms. The van der Waals surface area contributed by atoms with Gasteiger partial charge in [-0.25, -0.2) is 4.98 Å². The Hall–Kier alpha value is -3.10. The maximum absolute atomic E-state index is 12.0. The Morgan fingerprint density at radius 1 is 1.42 bits per heavy atom. The number of carbonyl (C=O) groups is 1. The number of nitrogens with zero attached hydrogens (tertiary/aromatic N) is 6. The zero-order chi connectivity index (χ0) is 16.8. The molecule has 0 aliphatic rings. The smallest absolute Gasteiger partial charge is 0.228 e. The third kappa shape index (κ3) is 4.00. The van der Waals surface area contributed by atoms with Gasteiger partial charge in [0.25, 0.3) is 0 Å². The van der Waals surface area contributed by atoms with E-state index in [1.54, 1.807) is 17.2 Å². The second-order valence-electron chi connectivity index (χ2n) is 5.29. The van der Waals surface area contributed by atoms with Crippen molar-refractivity contribution in [1.82, 2.24) is 35.2 Å². The van der Waals surface area contributed by atoms with Crippen molar-refractivity contribution in [2.75, 3.05) is 6.54 Å². The molecule has 124 valence electrons. The number of aromatic nitrogens is 6. The van der Waals surface area contributed by atoms with Crippen LogP contribution in [0.5, 0.6) is 0 Å². The summed E-state index contributed by atoms with van der Waals surface area (Å²) in [5.74, 6) is 0.629. The van der Waals surface area contributed by atoms with E-state index in [2.05, 4.69) is 30.5 Å². The van der Waals surface area contributed by atoms with Crippen molar-refractivity contribution in [2.24, 2.45) is 5.92 Å². The first-order valence-corrected chi connectivity index (χ1v) is 7.56. The minimum atomic E-state index is -0.210. The molecule has 3 aromatic rings. The van der Waals surface area contributed by atoms with E-state index in [0.717, 1.165) is 0 Å². The molecule has 1 N–H and O–H groups in total. The normalized spacial score (nSPS) is 12.0. The van der Waals surface area contributed by atoms with Crippen LogP contribution in [0.3, 0.4) is 0 Å². The Kier molecular flexibility index (Phi) is 4.90. The average Bonchev–Trinajstić information content (AvgIpc) is 3.27. The Morgan fingerprint density at radius 2 is 2.33 bits per heavy atom. The summed E-state index contributed by atoms with van der Waals surface area (Å²) in [6.45, 7) is 2.74. The van der Waals surface area contributed by atoms with Crippen molar-refractivity contribution in [2.45, 2.75) is 19.9 Å². The highest BCUT2D eigenvalue weighted by atomic mass is 16.5. The predicted octanol–water partition coefficient (Wildman–Crippen LogP) is 0.718. The molecule has 0 saturated heterocycles. The van der Waals surface area contributed by atoms with Gasteiger partial charge in [-0.15, -0.1) is 0 Å². The molecule has 1 amide bonds. The van der Waals surface area contributed by atoms with Gasteiger partial charge in [-0.3, -0.25) is 14.5 Å². The Bertz CT molecular complexity index is 770. The molecule has 0 aliphatic heterocycles. The van der Waals surface area contributed by atoms with Gasteiger partial charge in [0.2, 0.25) is 17.6 Å². The summed E-state index contributed by atoms with van der Waals surface area (Å²) in [7, 11) is 0. The lowest BCUT2D eigenvalue weighted by Crippen LogP contribution is -2.33. The van der Waals surface area contributed by atoms with Crippen molar-refractivity contribution in [3.63, 3.8) is 0 Å². The fraction of sp³-hybridized carbons (Fsp3) is 0.333. The number of amides is 1. The average molecular weight is 327 g/mol. The van der Waals surface area contributed by atoms with Crippen LogP contribution in [0.1, 0.15) is 12.8 Å². The van der Waals surface area contributed by atoms with Crippen molar-refractivity contribution < 1.29 is 9.32 Å². The molecule has 9 heteroatoms. The molecule has 0 aliphatic carbocycles. The first-order valence-electron chi connectivity index (χ1n) is 7.56. The molecule has 24 heavy (non-hydrogen) atoms. The number of hydrogen-bond donors (Lipinski definition) is 1. The highest BCUT2D eigenvalue weighted by Crippen LogP contribution is 2.11. The molecule has 0 aromatic carbocycles. The highest BCUT2D eigenvalue weighted by Gasteiger charge is 2.14. The van der Waals surface area contributed by atoms with Crippen molar-refractivity contribution in [3.8, 4) is 11.5 Å². The van der Waals surface area contributed by atoms with Gasteiger partial charge in [0, 0.05) is 19.2 Å². The minimum Gasteiger partial charge on any atom is -0.355 e. The van der Waals surface area contributed by atoms with Gasteiger partial charge in [-0.1, -0.05) is 18.1 Å². The van der Waals surface area contributed by atoms with E-state index in [4.69, 9.17) is 4.52 Å². The lowest BCUT2D eigenvalue weighted by atomic mass is 10.1.